The van der Waals surface area contributed by atoms with Crippen molar-refractivity contribution >= 4 is 5.82 Å². The summed E-state index contributed by atoms with van der Waals surface area (Å²) in [7, 11) is 0. The van der Waals surface area contributed by atoms with Gasteiger partial charge >= 0.3 is 0 Å². The van der Waals surface area contributed by atoms with Crippen LogP contribution >= 0.6 is 0 Å². The highest BCUT2D eigenvalue weighted by atomic mass is 16.5. The summed E-state index contributed by atoms with van der Waals surface area (Å²) in [6.07, 6.45) is 7.87. The first-order valence-electron chi connectivity index (χ1n) is 6.71. The molecule has 1 fully saturated rings. The second-order valence-electron chi connectivity index (χ2n) is 4.61. The summed E-state index contributed by atoms with van der Waals surface area (Å²) >= 11 is 0. The number of hydrogen-bond donors (Lipinski definition) is 1. The summed E-state index contributed by atoms with van der Waals surface area (Å²) in [6.45, 7) is 4.16. The molecule has 1 saturated carbocycles. The fraction of sp³-hybridized carbons (Fsp3) is 0.692. The topological polar surface area (TPSA) is 56.1 Å². The van der Waals surface area contributed by atoms with Crippen molar-refractivity contribution in [3.8, 4) is 0 Å². The van der Waals surface area contributed by atoms with Crippen molar-refractivity contribution in [2.24, 2.45) is 0 Å². The second-order valence-corrected chi connectivity index (χ2v) is 4.61. The van der Waals surface area contributed by atoms with Crippen LogP contribution in [0, 0.1) is 0 Å². The van der Waals surface area contributed by atoms with Gasteiger partial charge in [0, 0.05) is 31.6 Å². The van der Waals surface area contributed by atoms with Crippen LogP contribution in [0.5, 0.6) is 0 Å². The summed E-state index contributed by atoms with van der Waals surface area (Å²) in [4.78, 5) is 16.1. The van der Waals surface area contributed by atoms with E-state index in [1.165, 1.54) is 0 Å². The Bertz CT molecular complexity index is 426. The van der Waals surface area contributed by atoms with Gasteiger partial charge < -0.3 is 14.6 Å². The second kappa shape index (κ2) is 6.54. The standard InChI is InChI=1S/C13H21N3O2/c1-2-3-9-18-10-7-15-12-13(17)16(8-6-14-12)11-4-5-11/h6,8,11H,2-5,7,9-10H2,1H3,(H,14,15). The summed E-state index contributed by atoms with van der Waals surface area (Å²) in [5, 5.41) is 3.04. The van der Waals surface area contributed by atoms with Gasteiger partial charge in [0.05, 0.1) is 6.61 Å². The van der Waals surface area contributed by atoms with Crippen molar-refractivity contribution in [1.29, 1.82) is 0 Å². The number of ether oxygens (including phenoxy) is 1. The van der Waals surface area contributed by atoms with Gasteiger partial charge in [0.1, 0.15) is 0 Å². The van der Waals surface area contributed by atoms with Crippen LogP contribution in [-0.4, -0.2) is 29.3 Å². The summed E-state index contributed by atoms with van der Waals surface area (Å²) in [6, 6.07) is 0.391. The average molecular weight is 251 g/mol. The highest BCUT2D eigenvalue weighted by Crippen LogP contribution is 2.33. The van der Waals surface area contributed by atoms with Crippen molar-refractivity contribution in [1.82, 2.24) is 9.55 Å². The maximum absolute atomic E-state index is 12.0. The molecule has 0 aliphatic heterocycles. The average Bonchev–Trinajstić information content (AvgIpc) is 3.20. The minimum atomic E-state index is -0.0199. The van der Waals surface area contributed by atoms with Crippen molar-refractivity contribution in [2.75, 3.05) is 25.1 Å². The molecule has 18 heavy (non-hydrogen) atoms. The molecule has 1 aromatic rings. The summed E-state index contributed by atoms with van der Waals surface area (Å²) < 4.78 is 7.20. The molecule has 1 N–H and O–H groups in total. The lowest BCUT2D eigenvalue weighted by molar-refractivity contribution is 0.141. The van der Waals surface area contributed by atoms with Crippen molar-refractivity contribution < 1.29 is 4.74 Å². The normalized spacial score (nSPS) is 14.7. The van der Waals surface area contributed by atoms with E-state index in [-0.39, 0.29) is 5.56 Å². The van der Waals surface area contributed by atoms with Gasteiger partial charge in [0.25, 0.3) is 5.56 Å². The zero-order valence-electron chi connectivity index (χ0n) is 10.9. The molecule has 0 bridgehead atoms. The Kier molecular flexibility index (Phi) is 4.75. The molecular weight excluding hydrogens is 230 g/mol. The van der Waals surface area contributed by atoms with E-state index in [4.69, 9.17) is 4.74 Å². The van der Waals surface area contributed by atoms with Crippen molar-refractivity contribution in [3.63, 3.8) is 0 Å². The molecule has 1 aliphatic rings. The van der Waals surface area contributed by atoms with Crippen molar-refractivity contribution in [2.45, 2.75) is 38.6 Å². The van der Waals surface area contributed by atoms with E-state index >= 15 is 0 Å². The van der Waals surface area contributed by atoms with E-state index in [2.05, 4.69) is 17.2 Å². The first kappa shape index (κ1) is 13.1. The molecule has 5 nitrogen and oxygen atoms in total. The first-order chi connectivity index (χ1) is 8.83. The number of nitrogens with zero attached hydrogens (tertiary/aromatic N) is 2. The van der Waals surface area contributed by atoms with Gasteiger partial charge in [-0.15, -0.1) is 0 Å². The number of unbranched alkanes of at least 4 members (excludes halogenated alkanes) is 1. The van der Waals surface area contributed by atoms with Crippen LogP contribution in [-0.2, 0) is 4.74 Å². The van der Waals surface area contributed by atoms with Gasteiger partial charge in [-0.1, -0.05) is 13.3 Å². The highest BCUT2D eigenvalue weighted by molar-refractivity contribution is 5.31. The minimum absolute atomic E-state index is 0.0199. The Morgan fingerprint density at radius 3 is 3.06 bits per heavy atom. The first-order valence-corrected chi connectivity index (χ1v) is 6.71. The monoisotopic (exact) mass is 251 g/mol. The molecular formula is C13H21N3O2. The van der Waals surface area contributed by atoms with Crippen LogP contribution in [0.3, 0.4) is 0 Å². The van der Waals surface area contributed by atoms with E-state index in [1.807, 2.05) is 0 Å². The van der Waals surface area contributed by atoms with E-state index < -0.39 is 0 Å². The van der Waals surface area contributed by atoms with Gasteiger partial charge in [0.15, 0.2) is 5.82 Å². The van der Waals surface area contributed by atoms with Crippen LogP contribution in [0.15, 0.2) is 17.2 Å². The summed E-state index contributed by atoms with van der Waals surface area (Å²) in [5.41, 5.74) is -0.0199. The Morgan fingerprint density at radius 2 is 2.33 bits per heavy atom. The van der Waals surface area contributed by atoms with E-state index in [1.54, 1.807) is 17.0 Å². The number of anilines is 1. The molecule has 0 amide bonds. The molecule has 1 aromatic heterocycles. The third kappa shape index (κ3) is 3.57. The van der Waals surface area contributed by atoms with E-state index in [0.717, 1.165) is 32.3 Å². The Morgan fingerprint density at radius 1 is 1.50 bits per heavy atom. The predicted octanol–water partition coefficient (Wildman–Crippen LogP) is 1.81. The number of aromatic nitrogens is 2. The molecule has 1 aliphatic carbocycles. The van der Waals surface area contributed by atoms with Crippen LogP contribution in [0.4, 0.5) is 5.82 Å². The SMILES string of the molecule is CCCCOCCNc1nccn(C2CC2)c1=O. The van der Waals surface area contributed by atoms with Crippen LogP contribution in [0.25, 0.3) is 0 Å². The molecule has 0 radical (unpaired) electrons. The third-order valence-corrected chi connectivity index (χ3v) is 2.99. The zero-order chi connectivity index (χ0) is 12.8. The molecule has 100 valence electrons. The molecule has 0 spiro atoms. The van der Waals surface area contributed by atoms with Crippen LogP contribution in [0.2, 0.25) is 0 Å². The number of rotatable bonds is 8. The molecule has 2 rings (SSSR count). The quantitative estimate of drug-likeness (QED) is 0.716. The molecule has 0 unspecified atom stereocenters. The van der Waals surface area contributed by atoms with E-state index in [9.17, 15) is 4.79 Å². The van der Waals surface area contributed by atoms with Gasteiger partial charge in [0.2, 0.25) is 0 Å². The molecule has 0 aromatic carbocycles. The lowest BCUT2D eigenvalue weighted by Gasteiger charge is -2.08. The lowest BCUT2D eigenvalue weighted by atomic mass is 10.4. The smallest absolute Gasteiger partial charge is 0.293 e. The fourth-order valence-electron chi connectivity index (χ4n) is 1.78. The van der Waals surface area contributed by atoms with Gasteiger partial charge in [-0.25, -0.2) is 4.98 Å². The van der Waals surface area contributed by atoms with Gasteiger partial charge in [-0.2, -0.15) is 0 Å². The third-order valence-electron chi connectivity index (χ3n) is 2.99. The largest absolute Gasteiger partial charge is 0.380 e. The fourth-order valence-corrected chi connectivity index (χ4v) is 1.78. The number of nitrogens with one attached hydrogen (secondary N) is 1. The highest BCUT2D eigenvalue weighted by Gasteiger charge is 2.25. The Hall–Kier alpha value is -1.36. The van der Waals surface area contributed by atoms with E-state index in [0.29, 0.717) is 25.0 Å². The molecule has 1 heterocycles. The molecule has 5 heteroatoms. The lowest BCUT2D eigenvalue weighted by Crippen LogP contribution is -2.25. The van der Waals surface area contributed by atoms with Gasteiger partial charge in [-0.3, -0.25) is 4.79 Å². The Labute approximate surface area is 107 Å². The van der Waals surface area contributed by atoms with Crippen LogP contribution in [0.1, 0.15) is 38.6 Å². The molecule has 0 atom stereocenters. The van der Waals surface area contributed by atoms with Crippen LogP contribution < -0.4 is 10.9 Å². The zero-order valence-corrected chi connectivity index (χ0v) is 10.9. The Balaban J connectivity index is 1.79. The predicted molar refractivity (Wildman–Crippen MR) is 71.0 cm³/mol. The maximum atomic E-state index is 12.0. The van der Waals surface area contributed by atoms with Gasteiger partial charge in [-0.05, 0) is 19.3 Å². The molecule has 0 saturated heterocycles. The summed E-state index contributed by atoms with van der Waals surface area (Å²) in [5.74, 6) is 0.434. The maximum Gasteiger partial charge on any atom is 0.293 e. The van der Waals surface area contributed by atoms with Crippen molar-refractivity contribution in [3.05, 3.63) is 22.7 Å². The minimum Gasteiger partial charge on any atom is -0.380 e. The number of hydrogen-bond acceptors (Lipinski definition) is 4.